The van der Waals surface area contributed by atoms with Crippen molar-refractivity contribution in [2.45, 2.75) is 39.3 Å². The quantitative estimate of drug-likeness (QED) is 0.904. The highest BCUT2D eigenvalue weighted by Gasteiger charge is 2.24. The summed E-state index contributed by atoms with van der Waals surface area (Å²) in [6, 6.07) is 8.39. The summed E-state index contributed by atoms with van der Waals surface area (Å²) in [5, 5.41) is 3.52. The molecule has 20 heavy (non-hydrogen) atoms. The second kappa shape index (κ2) is 5.57. The predicted octanol–water partition coefficient (Wildman–Crippen LogP) is 3.54. The first kappa shape index (κ1) is 13.0. The van der Waals surface area contributed by atoms with Crippen molar-refractivity contribution in [1.82, 2.24) is 9.55 Å². The fraction of sp³-hybridized carbons (Fsp3) is 0.438. The van der Waals surface area contributed by atoms with Gasteiger partial charge in [-0.2, -0.15) is 0 Å². The van der Waals surface area contributed by atoms with Gasteiger partial charge >= 0.3 is 0 Å². The van der Waals surface area contributed by atoms with Crippen LogP contribution in [0.5, 0.6) is 5.75 Å². The third-order valence-electron chi connectivity index (χ3n) is 3.65. The number of anilines is 1. The molecule has 0 aliphatic carbocycles. The first-order valence-electron chi connectivity index (χ1n) is 7.30. The monoisotopic (exact) mass is 271 g/mol. The summed E-state index contributed by atoms with van der Waals surface area (Å²) in [6.45, 7) is 5.92. The van der Waals surface area contributed by atoms with Crippen LogP contribution in [-0.4, -0.2) is 16.2 Å². The molecular weight excluding hydrogens is 250 g/mol. The largest absolute Gasteiger partial charge is 0.491 e. The number of aromatic nitrogens is 2. The average Bonchev–Trinajstić information content (AvgIpc) is 3.01. The SMILES string of the molecule is CCCCn1cc(C)nc1NC1COc2ccccc21. The second-order valence-electron chi connectivity index (χ2n) is 5.30. The van der Waals surface area contributed by atoms with Crippen LogP contribution >= 0.6 is 0 Å². The van der Waals surface area contributed by atoms with Crippen molar-refractivity contribution in [2.24, 2.45) is 0 Å². The van der Waals surface area contributed by atoms with Crippen molar-refractivity contribution in [1.29, 1.82) is 0 Å². The van der Waals surface area contributed by atoms with Crippen LogP contribution in [0.4, 0.5) is 5.95 Å². The van der Waals surface area contributed by atoms with Gasteiger partial charge in [-0.3, -0.25) is 0 Å². The molecule has 0 radical (unpaired) electrons. The van der Waals surface area contributed by atoms with Gasteiger partial charge in [0, 0.05) is 18.3 Å². The van der Waals surface area contributed by atoms with E-state index < -0.39 is 0 Å². The molecule has 1 atom stereocenters. The Balaban J connectivity index is 1.79. The molecular formula is C16H21N3O. The molecule has 1 aromatic carbocycles. The van der Waals surface area contributed by atoms with Crippen LogP contribution in [0.3, 0.4) is 0 Å². The molecule has 1 aliphatic rings. The smallest absolute Gasteiger partial charge is 0.203 e. The molecule has 4 heteroatoms. The molecule has 1 unspecified atom stereocenters. The molecule has 1 aliphatic heterocycles. The minimum absolute atomic E-state index is 0.188. The number of unbranched alkanes of at least 4 members (excludes halogenated alkanes) is 1. The fourth-order valence-electron chi connectivity index (χ4n) is 2.60. The molecule has 106 valence electrons. The van der Waals surface area contributed by atoms with Gasteiger partial charge in [-0.15, -0.1) is 0 Å². The van der Waals surface area contributed by atoms with Crippen LogP contribution in [0, 0.1) is 6.92 Å². The maximum absolute atomic E-state index is 5.71. The Morgan fingerprint density at radius 3 is 3.10 bits per heavy atom. The van der Waals surface area contributed by atoms with E-state index in [1.54, 1.807) is 0 Å². The zero-order valence-corrected chi connectivity index (χ0v) is 12.1. The van der Waals surface area contributed by atoms with Gasteiger partial charge in [0.25, 0.3) is 0 Å². The van der Waals surface area contributed by atoms with Crippen LogP contribution in [-0.2, 0) is 6.54 Å². The highest BCUT2D eigenvalue weighted by atomic mass is 16.5. The number of rotatable bonds is 5. The van der Waals surface area contributed by atoms with E-state index in [4.69, 9.17) is 4.74 Å². The van der Waals surface area contributed by atoms with E-state index in [0.717, 1.165) is 23.9 Å². The Morgan fingerprint density at radius 1 is 1.40 bits per heavy atom. The van der Waals surface area contributed by atoms with Crippen molar-refractivity contribution in [3.8, 4) is 5.75 Å². The van der Waals surface area contributed by atoms with Gasteiger partial charge in [0.05, 0.1) is 11.7 Å². The summed E-state index contributed by atoms with van der Waals surface area (Å²) in [6.07, 6.45) is 4.47. The molecule has 0 saturated carbocycles. The maximum Gasteiger partial charge on any atom is 0.203 e. The topological polar surface area (TPSA) is 39.1 Å². The van der Waals surface area contributed by atoms with Crippen LogP contribution in [0.25, 0.3) is 0 Å². The Labute approximate surface area is 119 Å². The summed E-state index contributed by atoms with van der Waals surface area (Å²) >= 11 is 0. The lowest BCUT2D eigenvalue weighted by atomic mass is 10.1. The molecule has 0 amide bonds. The third kappa shape index (κ3) is 2.50. The fourth-order valence-corrected chi connectivity index (χ4v) is 2.60. The van der Waals surface area contributed by atoms with Crippen LogP contribution in [0.15, 0.2) is 30.5 Å². The highest BCUT2D eigenvalue weighted by molar-refractivity contribution is 5.44. The number of hydrogen-bond acceptors (Lipinski definition) is 3. The number of fused-ring (bicyclic) bond motifs is 1. The van der Waals surface area contributed by atoms with Crippen LogP contribution in [0.2, 0.25) is 0 Å². The molecule has 4 nitrogen and oxygen atoms in total. The second-order valence-corrected chi connectivity index (χ2v) is 5.30. The number of hydrogen-bond donors (Lipinski definition) is 1. The van der Waals surface area contributed by atoms with Crippen molar-refractivity contribution in [2.75, 3.05) is 11.9 Å². The van der Waals surface area contributed by atoms with E-state index in [9.17, 15) is 0 Å². The standard InChI is InChI=1S/C16H21N3O/c1-3-4-9-19-10-12(2)17-16(19)18-14-11-20-15-8-6-5-7-13(14)15/h5-8,10,14H,3-4,9,11H2,1-2H3,(H,17,18). The zero-order chi connectivity index (χ0) is 13.9. The molecule has 1 aromatic heterocycles. The summed E-state index contributed by atoms with van der Waals surface area (Å²) < 4.78 is 7.92. The maximum atomic E-state index is 5.71. The van der Waals surface area contributed by atoms with Gasteiger partial charge in [-0.1, -0.05) is 31.5 Å². The van der Waals surface area contributed by atoms with E-state index in [1.807, 2.05) is 19.1 Å². The normalized spacial score (nSPS) is 16.8. The highest BCUT2D eigenvalue weighted by Crippen LogP contribution is 2.33. The van der Waals surface area contributed by atoms with Crippen molar-refractivity contribution >= 4 is 5.95 Å². The molecule has 0 spiro atoms. The van der Waals surface area contributed by atoms with Gasteiger partial charge in [0.1, 0.15) is 12.4 Å². The van der Waals surface area contributed by atoms with Gasteiger partial charge < -0.3 is 14.6 Å². The Bertz CT molecular complexity index is 591. The first-order valence-corrected chi connectivity index (χ1v) is 7.30. The lowest BCUT2D eigenvalue weighted by molar-refractivity contribution is 0.339. The Kier molecular flexibility index (Phi) is 3.63. The number of nitrogens with one attached hydrogen (secondary N) is 1. The minimum Gasteiger partial charge on any atom is -0.491 e. The summed E-state index contributed by atoms with van der Waals surface area (Å²) in [5.74, 6) is 1.93. The third-order valence-corrected chi connectivity index (χ3v) is 3.65. The molecule has 0 saturated heterocycles. The number of imidazole rings is 1. The van der Waals surface area contributed by atoms with Crippen molar-refractivity contribution in [3.05, 3.63) is 41.7 Å². The Hall–Kier alpha value is -1.97. The van der Waals surface area contributed by atoms with Gasteiger partial charge in [-0.05, 0) is 19.4 Å². The summed E-state index contributed by atoms with van der Waals surface area (Å²) in [4.78, 5) is 4.60. The van der Waals surface area contributed by atoms with Gasteiger partial charge in [0.15, 0.2) is 0 Å². The summed E-state index contributed by atoms with van der Waals surface area (Å²) in [7, 11) is 0. The number of nitrogens with zero attached hydrogens (tertiary/aromatic N) is 2. The van der Waals surface area contributed by atoms with E-state index in [-0.39, 0.29) is 6.04 Å². The van der Waals surface area contributed by atoms with E-state index in [2.05, 4.69) is 40.1 Å². The van der Waals surface area contributed by atoms with Crippen LogP contribution < -0.4 is 10.1 Å². The summed E-state index contributed by atoms with van der Waals surface area (Å²) in [5.41, 5.74) is 2.27. The lowest BCUT2D eigenvalue weighted by Crippen LogP contribution is -2.15. The van der Waals surface area contributed by atoms with E-state index >= 15 is 0 Å². The number of ether oxygens (including phenoxy) is 1. The molecule has 0 fully saturated rings. The minimum atomic E-state index is 0.188. The molecule has 2 aromatic rings. The molecule has 3 rings (SSSR count). The van der Waals surface area contributed by atoms with Crippen molar-refractivity contribution in [3.63, 3.8) is 0 Å². The molecule has 2 heterocycles. The van der Waals surface area contributed by atoms with Crippen LogP contribution in [0.1, 0.15) is 37.1 Å². The lowest BCUT2D eigenvalue weighted by Gasteiger charge is -2.14. The average molecular weight is 271 g/mol. The molecule has 0 bridgehead atoms. The first-order chi connectivity index (χ1) is 9.78. The van der Waals surface area contributed by atoms with Gasteiger partial charge in [0.2, 0.25) is 5.95 Å². The Morgan fingerprint density at radius 2 is 2.25 bits per heavy atom. The number of aryl methyl sites for hydroxylation is 2. The van der Waals surface area contributed by atoms with E-state index in [0.29, 0.717) is 6.61 Å². The van der Waals surface area contributed by atoms with Crippen molar-refractivity contribution < 1.29 is 4.74 Å². The van der Waals surface area contributed by atoms with E-state index in [1.165, 1.54) is 18.4 Å². The number of para-hydroxylation sites is 1. The van der Waals surface area contributed by atoms with Gasteiger partial charge in [-0.25, -0.2) is 4.98 Å². The number of benzene rings is 1. The molecule has 1 N–H and O–H groups in total. The zero-order valence-electron chi connectivity index (χ0n) is 12.1. The predicted molar refractivity (Wildman–Crippen MR) is 80.2 cm³/mol.